The van der Waals surface area contributed by atoms with E-state index >= 15 is 0 Å². The third-order valence-electron chi connectivity index (χ3n) is 3.92. The number of nitrogens with one attached hydrogen (secondary N) is 2. The highest BCUT2D eigenvalue weighted by Gasteiger charge is 2.17. The van der Waals surface area contributed by atoms with Crippen molar-refractivity contribution in [2.24, 2.45) is 0 Å². The molecule has 1 aromatic heterocycles. The van der Waals surface area contributed by atoms with Crippen molar-refractivity contribution >= 4 is 34.0 Å². The molecule has 3 aromatic rings. The SMILES string of the molecule is COc1ccc(NC(=O)c2sc(NC(=O)c3ccc(OC)cc3)nc2C)cc1. The van der Waals surface area contributed by atoms with Crippen LogP contribution in [0.3, 0.4) is 0 Å². The predicted molar refractivity (Wildman–Crippen MR) is 109 cm³/mol. The standard InChI is InChI=1S/C20H19N3O4S/c1-12-17(19(25)22-14-6-10-16(27-3)11-7-14)28-20(21-12)23-18(24)13-4-8-15(26-2)9-5-13/h4-11H,1-3H3,(H,22,25)(H,21,23,24). The zero-order valence-corrected chi connectivity index (χ0v) is 16.4. The largest absolute Gasteiger partial charge is 0.497 e. The quantitative estimate of drug-likeness (QED) is 0.657. The number of amides is 2. The fourth-order valence-electron chi connectivity index (χ4n) is 2.43. The third kappa shape index (κ3) is 4.47. The summed E-state index contributed by atoms with van der Waals surface area (Å²) in [7, 11) is 3.14. The molecule has 8 heteroatoms. The maximum Gasteiger partial charge on any atom is 0.267 e. The average Bonchev–Trinajstić information content (AvgIpc) is 3.08. The zero-order valence-electron chi connectivity index (χ0n) is 15.6. The number of aromatic nitrogens is 1. The van der Waals surface area contributed by atoms with E-state index in [0.717, 1.165) is 11.3 Å². The number of methoxy groups -OCH3 is 2. The lowest BCUT2D eigenvalue weighted by atomic mass is 10.2. The van der Waals surface area contributed by atoms with Crippen LogP contribution in [0.15, 0.2) is 48.5 Å². The van der Waals surface area contributed by atoms with Gasteiger partial charge in [-0.1, -0.05) is 11.3 Å². The van der Waals surface area contributed by atoms with Gasteiger partial charge in [-0.25, -0.2) is 4.98 Å². The van der Waals surface area contributed by atoms with Gasteiger partial charge in [-0.05, 0) is 55.5 Å². The van der Waals surface area contributed by atoms with Crippen molar-refractivity contribution in [2.45, 2.75) is 6.92 Å². The number of aryl methyl sites for hydroxylation is 1. The summed E-state index contributed by atoms with van der Waals surface area (Å²) in [5.74, 6) is 0.776. The highest BCUT2D eigenvalue weighted by atomic mass is 32.1. The molecule has 0 unspecified atom stereocenters. The molecule has 0 bridgehead atoms. The van der Waals surface area contributed by atoms with E-state index in [-0.39, 0.29) is 11.8 Å². The van der Waals surface area contributed by atoms with Crippen molar-refractivity contribution in [3.05, 3.63) is 64.7 Å². The highest BCUT2D eigenvalue weighted by Crippen LogP contribution is 2.25. The summed E-state index contributed by atoms with van der Waals surface area (Å²) in [6.07, 6.45) is 0. The van der Waals surface area contributed by atoms with Crippen LogP contribution in [0.4, 0.5) is 10.8 Å². The summed E-state index contributed by atoms with van der Waals surface area (Å²) in [5, 5.41) is 5.89. The molecule has 0 atom stereocenters. The molecule has 2 amide bonds. The van der Waals surface area contributed by atoms with Gasteiger partial charge in [0.05, 0.1) is 19.9 Å². The van der Waals surface area contributed by atoms with Gasteiger partial charge in [0.25, 0.3) is 11.8 Å². The minimum Gasteiger partial charge on any atom is -0.497 e. The number of rotatable bonds is 6. The molecule has 2 N–H and O–H groups in total. The van der Waals surface area contributed by atoms with Crippen molar-refractivity contribution < 1.29 is 19.1 Å². The van der Waals surface area contributed by atoms with E-state index in [1.54, 1.807) is 69.7 Å². The fourth-order valence-corrected chi connectivity index (χ4v) is 3.29. The Bertz CT molecular complexity index is 982. The van der Waals surface area contributed by atoms with Gasteiger partial charge in [0.2, 0.25) is 0 Å². The van der Waals surface area contributed by atoms with Gasteiger partial charge in [-0.15, -0.1) is 0 Å². The van der Waals surface area contributed by atoms with Crippen LogP contribution in [0.2, 0.25) is 0 Å². The van der Waals surface area contributed by atoms with E-state index in [9.17, 15) is 9.59 Å². The van der Waals surface area contributed by atoms with Crippen LogP contribution in [0.1, 0.15) is 25.7 Å². The van der Waals surface area contributed by atoms with Crippen molar-refractivity contribution in [3.63, 3.8) is 0 Å². The lowest BCUT2D eigenvalue weighted by molar-refractivity contribution is 0.102. The number of anilines is 2. The summed E-state index contributed by atoms with van der Waals surface area (Å²) in [6, 6.07) is 13.7. The number of benzene rings is 2. The molecular formula is C20H19N3O4S. The minimum atomic E-state index is -0.307. The van der Waals surface area contributed by atoms with Crippen LogP contribution in [-0.4, -0.2) is 31.0 Å². The Kier molecular flexibility index (Phi) is 5.90. The first-order chi connectivity index (χ1) is 13.5. The number of ether oxygens (including phenoxy) is 2. The molecule has 1 heterocycles. The topological polar surface area (TPSA) is 89.6 Å². The summed E-state index contributed by atoms with van der Waals surface area (Å²) < 4.78 is 10.2. The Labute approximate surface area is 166 Å². The van der Waals surface area contributed by atoms with Gasteiger partial charge < -0.3 is 14.8 Å². The van der Waals surface area contributed by atoms with E-state index in [1.165, 1.54) is 0 Å². The van der Waals surface area contributed by atoms with Crippen LogP contribution >= 0.6 is 11.3 Å². The number of carbonyl (C=O) groups excluding carboxylic acids is 2. The second-order valence-corrected chi connectivity index (χ2v) is 6.80. The molecule has 3 rings (SSSR count). The third-order valence-corrected chi connectivity index (χ3v) is 5.00. The first kappa shape index (κ1) is 19.4. The number of hydrogen-bond donors (Lipinski definition) is 2. The van der Waals surface area contributed by atoms with Gasteiger partial charge in [0.15, 0.2) is 5.13 Å². The van der Waals surface area contributed by atoms with Crippen LogP contribution in [0, 0.1) is 6.92 Å². The zero-order chi connectivity index (χ0) is 20.1. The Balaban J connectivity index is 1.69. The van der Waals surface area contributed by atoms with Gasteiger partial charge in [0.1, 0.15) is 16.4 Å². The maximum absolute atomic E-state index is 12.5. The summed E-state index contributed by atoms with van der Waals surface area (Å²) in [6.45, 7) is 1.72. The monoisotopic (exact) mass is 397 g/mol. The Morgan fingerprint density at radius 3 is 2.00 bits per heavy atom. The number of thiazole rings is 1. The number of nitrogens with zero attached hydrogens (tertiary/aromatic N) is 1. The van der Waals surface area contributed by atoms with Crippen LogP contribution in [0.25, 0.3) is 0 Å². The van der Waals surface area contributed by atoms with Crippen LogP contribution < -0.4 is 20.1 Å². The Hall–Kier alpha value is -3.39. The summed E-state index contributed by atoms with van der Waals surface area (Å²) in [4.78, 5) is 29.6. The van der Waals surface area contributed by atoms with Gasteiger partial charge >= 0.3 is 0 Å². The molecule has 7 nitrogen and oxygen atoms in total. The molecule has 0 fully saturated rings. The first-order valence-corrected chi connectivity index (χ1v) is 9.20. The van der Waals surface area contributed by atoms with E-state index in [0.29, 0.717) is 38.5 Å². The second kappa shape index (κ2) is 8.53. The molecule has 0 spiro atoms. The lowest BCUT2D eigenvalue weighted by Crippen LogP contribution is -2.11. The van der Waals surface area contributed by atoms with Crippen molar-refractivity contribution in [1.29, 1.82) is 0 Å². The van der Waals surface area contributed by atoms with Crippen molar-refractivity contribution in [1.82, 2.24) is 4.98 Å². The molecule has 144 valence electrons. The van der Waals surface area contributed by atoms with E-state index in [4.69, 9.17) is 9.47 Å². The van der Waals surface area contributed by atoms with E-state index in [2.05, 4.69) is 15.6 Å². The van der Waals surface area contributed by atoms with Gasteiger partial charge in [-0.3, -0.25) is 14.9 Å². The van der Waals surface area contributed by atoms with Gasteiger partial charge in [0, 0.05) is 11.3 Å². The van der Waals surface area contributed by atoms with Gasteiger partial charge in [-0.2, -0.15) is 0 Å². The minimum absolute atomic E-state index is 0.287. The second-order valence-electron chi connectivity index (χ2n) is 5.80. The molecular weight excluding hydrogens is 378 g/mol. The number of carbonyl (C=O) groups is 2. The first-order valence-electron chi connectivity index (χ1n) is 8.38. The van der Waals surface area contributed by atoms with Crippen LogP contribution in [-0.2, 0) is 0 Å². The Morgan fingerprint density at radius 1 is 0.857 bits per heavy atom. The highest BCUT2D eigenvalue weighted by molar-refractivity contribution is 7.17. The van der Waals surface area contributed by atoms with Crippen molar-refractivity contribution in [2.75, 3.05) is 24.9 Å². The van der Waals surface area contributed by atoms with E-state index < -0.39 is 0 Å². The average molecular weight is 397 g/mol. The molecule has 0 saturated heterocycles. The summed E-state index contributed by atoms with van der Waals surface area (Å²) in [5.41, 5.74) is 1.65. The fraction of sp³-hybridized carbons (Fsp3) is 0.150. The lowest BCUT2D eigenvalue weighted by Gasteiger charge is -2.05. The molecule has 0 aliphatic heterocycles. The molecule has 0 radical (unpaired) electrons. The number of hydrogen-bond acceptors (Lipinski definition) is 6. The smallest absolute Gasteiger partial charge is 0.267 e. The van der Waals surface area contributed by atoms with E-state index in [1.807, 2.05) is 0 Å². The molecule has 28 heavy (non-hydrogen) atoms. The van der Waals surface area contributed by atoms with Crippen LogP contribution in [0.5, 0.6) is 11.5 Å². The summed E-state index contributed by atoms with van der Waals surface area (Å²) >= 11 is 1.12. The maximum atomic E-state index is 12.5. The molecule has 0 aliphatic rings. The molecule has 0 saturated carbocycles. The molecule has 0 aliphatic carbocycles. The molecule has 2 aromatic carbocycles. The normalized spacial score (nSPS) is 10.2. The van der Waals surface area contributed by atoms with Crippen molar-refractivity contribution in [3.8, 4) is 11.5 Å². The Morgan fingerprint density at radius 2 is 1.43 bits per heavy atom. The predicted octanol–water partition coefficient (Wildman–Crippen LogP) is 3.97.